The number of nitrogens with one attached hydrogen (secondary N) is 2. The number of hydrogen-bond acceptors (Lipinski definition) is 6. The van der Waals surface area contributed by atoms with Crippen molar-refractivity contribution in [3.05, 3.63) is 101 Å². The topological polar surface area (TPSA) is 77.9 Å². The smallest absolute Gasteiger partial charge is 0.340 e. The van der Waals surface area contributed by atoms with Crippen LogP contribution in [0.3, 0.4) is 0 Å². The molecule has 0 saturated carbocycles. The number of carbonyl (C=O) groups is 1. The van der Waals surface area contributed by atoms with E-state index in [4.69, 9.17) is 14.9 Å². The van der Waals surface area contributed by atoms with Gasteiger partial charge < -0.3 is 24.6 Å². The fourth-order valence-electron chi connectivity index (χ4n) is 4.97. The highest BCUT2D eigenvalue weighted by Gasteiger charge is 2.56. The summed E-state index contributed by atoms with van der Waals surface area (Å²) >= 11 is 0. The van der Waals surface area contributed by atoms with Gasteiger partial charge in [-0.05, 0) is 44.2 Å². The largest absolute Gasteiger partial charge is 0.440 e. The van der Waals surface area contributed by atoms with E-state index in [1.807, 2.05) is 66.7 Å². The zero-order valence-electron chi connectivity index (χ0n) is 21.0. The molecule has 184 valence electrons. The number of esters is 1. The van der Waals surface area contributed by atoms with E-state index in [1.54, 1.807) is 25.1 Å². The zero-order chi connectivity index (χ0) is 25.4. The van der Waals surface area contributed by atoms with Crippen LogP contribution in [0.15, 0.2) is 84.3 Å². The second kappa shape index (κ2) is 9.07. The van der Waals surface area contributed by atoms with Crippen molar-refractivity contribution >= 4 is 23.2 Å². The molecule has 7 nitrogen and oxygen atoms in total. The van der Waals surface area contributed by atoms with Crippen molar-refractivity contribution in [2.24, 2.45) is 0 Å². The summed E-state index contributed by atoms with van der Waals surface area (Å²) in [4.78, 5) is 17.1. The minimum atomic E-state index is -1.33. The number of hydrogen-bond donors (Lipinski definition) is 2. The van der Waals surface area contributed by atoms with Crippen molar-refractivity contribution in [1.82, 2.24) is 4.90 Å². The summed E-state index contributed by atoms with van der Waals surface area (Å²) < 4.78 is 12.8. The molecule has 2 N–H and O–H groups in total. The molecule has 2 aliphatic rings. The van der Waals surface area contributed by atoms with E-state index in [0.717, 1.165) is 24.5 Å². The Labute approximate surface area is 211 Å². The lowest BCUT2D eigenvalue weighted by molar-refractivity contribution is 0.0219. The molecule has 1 atom stereocenters. The number of ether oxygens (including phenoxy) is 2. The monoisotopic (exact) mass is 482 g/mol. The van der Waals surface area contributed by atoms with Gasteiger partial charge in [-0.25, -0.2) is 4.79 Å². The summed E-state index contributed by atoms with van der Waals surface area (Å²) in [5.74, 6) is 0.692. The van der Waals surface area contributed by atoms with Crippen LogP contribution in [0.5, 0.6) is 5.75 Å². The Morgan fingerprint density at radius 2 is 1.64 bits per heavy atom. The lowest BCUT2D eigenvalue weighted by Crippen LogP contribution is -2.43. The molecule has 5 rings (SSSR count). The van der Waals surface area contributed by atoms with Crippen molar-refractivity contribution in [1.29, 1.82) is 5.41 Å². The number of nitrogens with zero attached hydrogens (tertiary/aromatic N) is 2. The average molecular weight is 483 g/mol. The lowest BCUT2D eigenvalue weighted by Gasteiger charge is -2.40. The van der Waals surface area contributed by atoms with Gasteiger partial charge in [-0.1, -0.05) is 36.4 Å². The van der Waals surface area contributed by atoms with Crippen molar-refractivity contribution in [3.63, 3.8) is 0 Å². The third-order valence-corrected chi connectivity index (χ3v) is 6.75. The average Bonchev–Trinajstić information content (AvgIpc) is 3.17. The molecule has 2 aliphatic heterocycles. The molecule has 0 saturated heterocycles. The normalized spacial score (nSPS) is 17.7. The standard InChI is InChI=1S/C29H30N4O3/c1-5-33(6-2)20-16-17-23-24(18-20)35-27(31-19-12-8-7-9-13-19)25(26(30)32(3)4)29(23)22-15-11-10-14-21(22)28(34)36-29/h7-18,30-31H,5-6H2,1-4H3. The Morgan fingerprint density at radius 1 is 0.944 bits per heavy atom. The second-order valence-electron chi connectivity index (χ2n) is 9.01. The van der Waals surface area contributed by atoms with Gasteiger partial charge in [0.05, 0.1) is 5.56 Å². The van der Waals surface area contributed by atoms with Crippen LogP contribution < -0.4 is 15.0 Å². The van der Waals surface area contributed by atoms with Crippen LogP contribution in [0, 0.1) is 5.41 Å². The van der Waals surface area contributed by atoms with E-state index in [0.29, 0.717) is 33.9 Å². The molecule has 0 aromatic heterocycles. The highest BCUT2D eigenvalue weighted by Crippen LogP contribution is 2.54. The first-order valence-corrected chi connectivity index (χ1v) is 12.1. The van der Waals surface area contributed by atoms with Crippen LogP contribution in [0.2, 0.25) is 0 Å². The fraction of sp³-hybridized carbons (Fsp3) is 0.241. The van der Waals surface area contributed by atoms with Crippen molar-refractivity contribution in [3.8, 4) is 5.75 Å². The van der Waals surface area contributed by atoms with Gasteiger partial charge in [0.15, 0.2) is 0 Å². The number of para-hydroxylation sites is 1. The van der Waals surface area contributed by atoms with Gasteiger partial charge in [-0.3, -0.25) is 5.41 Å². The van der Waals surface area contributed by atoms with Crippen LogP contribution in [0.1, 0.15) is 35.3 Å². The predicted molar refractivity (Wildman–Crippen MR) is 142 cm³/mol. The first-order chi connectivity index (χ1) is 17.4. The molecule has 36 heavy (non-hydrogen) atoms. The van der Waals surface area contributed by atoms with E-state index in [-0.39, 0.29) is 5.84 Å². The third kappa shape index (κ3) is 3.59. The van der Waals surface area contributed by atoms with Crippen molar-refractivity contribution < 1.29 is 14.3 Å². The summed E-state index contributed by atoms with van der Waals surface area (Å²) in [5.41, 5.74) is 2.80. The van der Waals surface area contributed by atoms with E-state index in [9.17, 15) is 4.79 Å². The number of likely N-dealkylation sites (N-methyl/N-ethyl adjacent to an activating group) is 1. The molecular formula is C29H30N4O3. The van der Waals surface area contributed by atoms with Gasteiger partial charge in [-0.2, -0.15) is 0 Å². The van der Waals surface area contributed by atoms with E-state index in [1.165, 1.54) is 0 Å². The van der Waals surface area contributed by atoms with E-state index < -0.39 is 11.6 Å². The van der Waals surface area contributed by atoms with Crippen LogP contribution in [-0.2, 0) is 10.3 Å². The zero-order valence-corrected chi connectivity index (χ0v) is 21.0. The van der Waals surface area contributed by atoms with Crippen LogP contribution in [0.25, 0.3) is 0 Å². The number of benzene rings is 3. The first kappa shape index (κ1) is 23.5. The number of rotatable bonds is 6. The van der Waals surface area contributed by atoms with Gasteiger partial charge in [0.2, 0.25) is 11.5 Å². The third-order valence-electron chi connectivity index (χ3n) is 6.75. The SMILES string of the molecule is CCN(CC)c1ccc2c(c1)OC(Nc1ccccc1)=C(C(=N)N(C)C)C21OC(=O)c2ccccc21. The van der Waals surface area contributed by atoms with Crippen LogP contribution in [-0.4, -0.2) is 43.9 Å². The van der Waals surface area contributed by atoms with Crippen molar-refractivity contribution in [2.45, 2.75) is 19.4 Å². The van der Waals surface area contributed by atoms with Crippen LogP contribution in [0.4, 0.5) is 11.4 Å². The molecule has 0 aliphatic carbocycles. The minimum absolute atomic E-state index is 0.177. The summed E-state index contributed by atoms with van der Waals surface area (Å²) in [6.07, 6.45) is 0. The molecule has 0 fully saturated rings. The Hall–Kier alpha value is -4.26. The molecule has 0 bridgehead atoms. The number of anilines is 2. The summed E-state index contributed by atoms with van der Waals surface area (Å²) in [7, 11) is 3.59. The Kier molecular flexibility index (Phi) is 5.92. The summed E-state index contributed by atoms with van der Waals surface area (Å²) in [6, 6.07) is 23.0. The molecule has 0 amide bonds. The number of fused-ring (bicyclic) bond motifs is 4. The molecule has 3 aromatic rings. The molecule has 3 aromatic carbocycles. The maximum Gasteiger partial charge on any atom is 0.340 e. The molecular weight excluding hydrogens is 452 g/mol. The van der Waals surface area contributed by atoms with E-state index >= 15 is 0 Å². The minimum Gasteiger partial charge on any atom is -0.440 e. The lowest BCUT2D eigenvalue weighted by atomic mass is 9.77. The molecule has 2 heterocycles. The molecule has 1 unspecified atom stereocenters. The van der Waals surface area contributed by atoms with Gasteiger partial charge in [0.1, 0.15) is 17.2 Å². The number of carbonyl (C=O) groups excluding carboxylic acids is 1. The fourth-order valence-corrected chi connectivity index (χ4v) is 4.97. The summed E-state index contributed by atoms with van der Waals surface area (Å²) in [6.45, 7) is 5.91. The second-order valence-corrected chi connectivity index (χ2v) is 9.01. The van der Waals surface area contributed by atoms with Gasteiger partial charge >= 0.3 is 5.97 Å². The maximum atomic E-state index is 13.2. The highest BCUT2D eigenvalue weighted by atomic mass is 16.6. The molecule has 0 radical (unpaired) electrons. The highest BCUT2D eigenvalue weighted by molar-refractivity contribution is 6.05. The molecule has 1 spiro atoms. The first-order valence-electron chi connectivity index (χ1n) is 12.1. The number of amidine groups is 1. The quantitative estimate of drug-likeness (QED) is 0.286. The Balaban J connectivity index is 1.81. The van der Waals surface area contributed by atoms with Gasteiger partial charge in [-0.15, -0.1) is 0 Å². The van der Waals surface area contributed by atoms with E-state index in [2.05, 4.69) is 24.1 Å². The Bertz CT molecular complexity index is 1360. The Morgan fingerprint density at radius 3 is 2.33 bits per heavy atom. The predicted octanol–water partition coefficient (Wildman–Crippen LogP) is 5.20. The summed E-state index contributed by atoms with van der Waals surface area (Å²) in [5, 5.41) is 12.5. The van der Waals surface area contributed by atoms with Gasteiger partial charge in [0, 0.05) is 55.8 Å². The van der Waals surface area contributed by atoms with Gasteiger partial charge in [0.25, 0.3) is 0 Å². The van der Waals surface area contributed by atoms with Crippen LogP contribution >= 0.6 is 0 Å². The maximum absolute atomic E-state index is 13.2. The van der Waals surface area contributed by atoms with Crippen molar-refractivity contribution in [2.75, 3.05) is 37.4 Å². The molecule has 7 heteroatoms.